The first-order chi connectivity index (χ1) is 13.7. The molecule has 0 atom stereocenters. The Labute approximate surface area is 159 Å². The van der Waals surface area contributed by atoms with Gasteiger partial charge in [-0.1, -0.05) is 0 Å². The molecule has 142 valence electrons. The van der Waals surface area contributed by atoms with Gasteiger partial charge < -0.3 is 28.4 Å². The van der Waals surface area contributed by atoms with Crippen molar-refractivity contribution in [2.45, 2.75) is 0 Å². The maximum absolute atomic E-state index is 12.3. The SMILES string of the molecule is COc1cc(/C=C2/N=C(c3ccc4c(c3)OCO4)OC2=O)cc2c1OCCO2. The highest BCUT2D eigenvalue weighted by Gasteiger charge is 2.26. The first-order valence-electron chi connectivity index (χ1n) is 8.61. The minimum Gasteiger partial charge on any atom is -0.493 e. The Morgan fingerprint density at radius 3 is 2.75 bits per heavy atom. The maximum Gasteiger partial charge on any atom is 0.363 e. The Kier molecular flexibility index (Phi) is 3.82. The summed E-state index contributed by atoms with van der Waals surface area (Å²) in [4.78, 5) is 16.6. The molecule has 0 amide bonds. The van der Waals surface area contributed by atoms with Crippen LogP contribution in [-0.4, -0.2) is 39.0 Å². The fourth-order valence-corrected chi connectivity index (χ4v) is 3.10. The van der Waals surface area contributed by atoms with Crippen LogP contribution in [0.2, 0.25) is 0 Å². The lowest BCUT2D eigenvalue weighted by atomic mass is 10.1. The molecule has 0 N–H and O–H groups in total. The fourth-order valence-electron chi connectivity index (χ4n) is 3.10. The molecule has 8 heteroatoms. The molecule has 0 aliphatic carbocycles. The second kappa shape index (κ2) is 6.49. The van der Waals surface area contributed by atoms with E-state index in [0.29, 0.717) is 53.1 Å². The van der Waals surface area contributed by atoms with Gasteiger partial charge in [-0.2, -0.15) is 0 Å². The second-order valence-corrected chi connectivity index (χ2v) is 6.15. The Hall–Kier alpha value is -3.68. The summed E-state index contributed by atoms with van der Waals surface area (Å²) in [6.07, 6.45) is 1.61. The number of cyclic esters (lactones) is 1. The van der Waals surface area contributed by atoms with Crippen molar-refractivity contribution in [3.63, 3.8) is 0 Å². The predicted molar refractivity (Wildman–Crippen MR) is 97.2 cm³/mol. The van der Waals surface area contributed by atoms with E-state index in [1.54, 1.807) is 43.5 Å². The van der Waals surface area contributed by atoms with Crippen LogP contribution in [-0.2, 0) is 9.53 Å². The summed E-state index contributed by atoms with van der Waals surface area (Å²) in [5.41, 5.74) is 1.48. The van der Waals surface area contributed by atoms with E-state index in [1.807, 2.05) is 0 Å². The van der Waals surface area contributed by atoms with Crippen molar-refractivity contribution in [1.29, 1.82) is 0 Å². The third-order valence-corrected chi connectivity index (χ3v) is 4.39. The van der Waals surface area contributed by atoms with Crippen LogP contribution in [0.25, 0.3) is 6.08 Å². The first kappa shape index (κ1) is 16.5. The zero-order valence-corrected chi connectivity index (χ0v) is 14.9. The lowest BCUT2D eigenvalue weighted by Crippen LogP contribution is -2.16. The van der Waals surface area contributed by atoms with Gasteiger partial charge in [0, 0.05) is 5.56 Å². The number of hydrogen-bond acceptors (Lipinski definition) is 8. The molecule has 0 fully saturated rings. The van der Waals surface area contributed by atoms with Gasteiger partial charge in [0.25, 0.3) is 0 Å². The van der Waals surface area contributed by atoms with Crippen LogP contribution < -0.4 is 23.7 Å². The molecule has 2 aromatic carbocycles. The van der Waals surface area contributed by atoms with E-state index >= 15 is 0 Å². The predicted octanol–water partition coefficient (Wildman–Crippen LogP) is 2.54. The summed E-state index contributed by atoms with van der Waals surface area (Å²) in [7, 11) is 1.55. The summed E-state index contributed by atoms with van der Waals surface area (Å²) in [5, 5.41) is 0. The first-order valence-corrected chi connectivity index (χ1v) is 8.61. The van der Waals surface area contributed by atoms with Crippen LogP contribution in [0.5, 0.6) is 28.7 Å². The Balaban J connectivity index is 1.49. The number of benzene rings is 2. The van der Waals surface area contributed by atoms with Gasteiger partial charge in [0.15, 0.2) is 28.7 Å². The van der Waals surface area contributed by atoms with E-state index in [-0.39, 0.29) is 18.4 Å². The number of methoxy groups -OCH3 is 1. The van der Waals surface area contributed by atoms with E-state index < -0.39 is 5.97 Å². The minimum absolute atomic E-state index is 0.169. The molecular formula is C20H15NO7. The summed E-state index contributed by atoms with van der Waals surface area (Å²) in [6, 6.07) is 8.76. The lowest BCUT2D eigenvalue weighted by molar-refractivity contribution is -0.129. The monoisotopic (exact) mass is 381 g/mol. The average molecular weight is 381 g/mol. The number of fused-ring (bicyclic) bond motifs is 2. The van der Waals surface area contributed by atoms with E-state index in [0.717, 1.165) is 0 Å². The molecule has 3 aliphatic rings. The van der Waals surface area contributed by atoms with Crippen LogP contribution in [0.3, 0.4) is 0 Å². The second-order valence-electron chi connectivity index (χ2n) is 6.15. The maximum atomic E-state index is 12.3. The summed E-state index contributed by atoms with van der Waals surface area (Å²) >= 11 is 0. The summed E-state index contributed by atoms with van der Waals surface area (Å²) < 4.78 is 32.5. The number of carbonyl (C=O) groups is 1. The van der Waals surface area contributed by atoms with Crippen LogP contribution >= 0.6 is 0 Å². The van der Waals surface area contributed by atoms with Gasteiger partial charge >= 0.3 is 5.97 Å². The van der Waals surface area contributed by atoms with E-state index in [9.17, 15) is 4.79 Å². The smallest absolute Gasteiger partial charge is 0.363 e. The zero-order valence-electron chi connectivity index (χ0n) is 14.9. The van der Waals surface area contributed by atoms with Crippen molar-refractivity contribution >= 4 is 17.9 Å². The molecule has 0 spiro atoms. The Bertz CT molecular complexity index is 1020. The number of rotatable bonds is 3. The normalized spacial score (nSPS) is 18.1. The Morgan fingerprint density at radius 2 is 1.86 bits per heavy atom. The van der Waals surface area contributed by atoms with E-state index in [2.05, 4.69) is 4.99 Å². The number of ether oxygens (including phenoxy) is 6. The molecule has 0 unspecified atom stereocenters. The molecular weight excluding hydrogens is 366 g/mol. The van der Waals surface area contributed by atoms with Gasteiger partial charge in [0.05, 0.1) is 7.11 Å². The highest BCUT2D eigenvalue weighted by atomic mass is 16.7. The highest BCUT2D eigenvalue weighted by Crippen LogP contribution is 2.41. The minimum atomic E-state index is -0.540. The third-order valence-electron chi connectivity index (χ3n) is 4.39. The number of nitrogens with zero attached hydrogens (tertiary/aromatic N) is 1. The number of esters is 1. The molecule has 0 saturated heterocycles. The third kappa shape index (κ3) is 2.79. The molecule has 0 radical (unpaired) electrons. The average Bonchev–Trinajstić information content (AvgIpc) is 3.33. The van der Waals surface area contributed by atoms with E-state index in [4.69, 9.17) is 28.4 Å². The number of carbonyl (C=O) groups excluding carboxylic acids is 1. The van der Waals surface area contributed by atoms with Crippen molar-refractivity contribution in [3.05, 3.63) is 47.2 Å². The highest BCUT2D eigenvalue weighted by molar-refractivity contribution is 6.13. The number of aliphatic imine (C=N–C) groups is 1. The van der Waals surface area contributed by atoms with E-state index in [1.165, 1.54) is 0 Å². The lowest BCUT2D eigenvalue weighted by Gasteiger charge is -2.20. The van der Waals surface area contributed by atoms with Gasteiger partial charge in [0.2, 0.25) is 18.4 Å². The molecule has 3 heterocycles. The standard InChI is InChI=1S/C20H15NO7/c1-23-16-7-11(8-17-18(16)25-5-4-24-17)6-13-20(22)28-19(21-13)12-2-3-14-15(9-12)27-10-26-14/h2-3,6-9H,4-5,10H2,1H3/b13-6+. The summed E-state index contributed by atoms with van der Waals surface area (Å²) in [6.45, 7) is 1.08. The van der Waals surface area contributed by atoms with Gasteiger partial charge in [-0.25, -0.2) is 9.79 Å². The molecule has 0 saturated carbocycles. The Morgan fingerprint density at radius 1 is 1.00 bits per heavy atom. The van der Waals surface area contributed by atoms with Crippen LogP contribution in [0.1, 0.15) is 11.1 Å². The molecule has 2 aromatic rings. The van der Waals surface area contributed by atoms with Crippen LogP contribution in [0.4, 0.5) is 0 Å². The van der Waals surface area contributed by atoms with Crippen molar-refractivity contribution < 1.29 is 33.2 Å². The van der Waals surface area contributed by atoms with Crippen molar-refractivity contribution in [2.75, 3.05) is 27.1 Å². The topological polar surface area (TPSA) is 84.8 Å². The molecule has 8 nitrogen and oxygen atoms in total. The largest absolute Gasteiger partial charge is 0.493 e. The van der Waals surface area contributed by atoms with Crippen molar-refractivity contribution in [2.24, 2.45) is 4.99 Å². The zero-order chi connectivity index (χ0) is 19.1. The van der Waals surface area contributed by atoms with Gasteiger partial charge in [-0.3, -0.25) is 0 Å². The van der Waals surface area contributed by atoms with Crippen LogP contribution in [0.15, 0.2) is 41.0 Å². The summed E-state index contributed by atoms with van der Waals surface area (Å²) in [5.74, 6) is 2.53. The molecule has 5 rings (SSSR count). The molecule has 3 aliphatic heterocycles. The van der Waals surface area contributed by atoms with Crippen molar-refractivity contribution in [1.82, 2.24) is 0 Å². The van der Waals surface area contributed by atoms with Crippen molar-refractivity contribution in [3.8, 4) is 28.7 Å². The molecule has 0 bridgehead atoms. The molecule has 0 aromatic heterocycles. The number of hydrogen-bond donors (Lipinski definition) is 0. The van der Waals surface area contributed by atoms with Gasteiger partial charge in [-0.15, -0.1) is 0 Å². The van der Waals surface area contributed by atoms with Gasteiger partial charge in [0.1, 0.15) is 13.2 Å². The fraction of sp³-hybridized carbons (Fsp3) is 0.200. The van der Waals surface area contributed by atoms with Gasteiger partial charge in [-0.05, 0) is 42.0 Å². The molecule has 28 heavy (non-hydrogen) atoms. The quantitative estimate of drug-likeness (QED) is 0.597. The van der Waals surface area contributed by atoms with Crippen LogP contribution in [0, 0.1) is 0 Å².